The maximum absolute atomic E-state index is 12.3. The Morgan fingerprint density at radius 2 is 1.88 bits per heavy atom. The average Bonchev–Trinajstić information content (AvgIpc) is 2.85. The highest BCUT2D eigenvalue weighted by Gasteiger charge is 2.31. The SMILES string of the molecule is O=C(CC1C(=O)Nc2ccccc21)Nc1ccc(SC(F)F)cc1. The van der Waals surface area contributed by atoms with Crippen LogP contribution in [-0.4, -0.2) is 17.6 Å². The molecule has 1 aliphatic heterocycles. The van der Waals surface area contributed by atoms with Crippen molar-refractivity contribution in [3.8, 4) is 0 Å². The summed E-state index contributed by atoms with van der Waals surface area (Å²) in [6, 6.07) is 13.4. The van der Waals surface area contributed by atoms with Gasteiger partial charge in [0, 0.05) is 22.7 Å². The molecule has 0 saturated heterocycles. The molecule has 2 aromatic carbocycles. The van der Waals surface area contributed by atoms with Crippen molar-refractivity contribution >= 4 is 35.0 Å². The van der Waals surface area contributed by atoms with E-state index in [1.807, 2.05) is 18.2 Å². The predicted octanol–water partition coefficient (Wildman–Crippen LogP) is 4.07. The number of alkyl halides is 2. The monoisotopic (exact) mass is 348 g/mol. The van der Waals surface area contributed by atoms with Gasteiger partial charge in [-0.3, -0.25) is 9.59 Å². The Labute approximate surface area is 141 Å². The number of amides is 2. The highest BCUT2D eigenvalue weighted by molar-refractivity contribution is 7.99. The molecule has 7 heteroatoms. The molecule has 0 aromatic heterocycles. The largest absolute Gasteiger partial charge is 0.326 e. The number of hydrogen-bond donors (Lipinski definition) is 2. The van der Waals surface area contributed by atoms with E-state index in [-0.39, 0.29) is 18.2 Å². The van der Waals surface area contributed by atoms with Crippen molar-refractivity contribution in [1.29, 1.82) is 0 Å². The molecule has 0 radical (unpaired) electrons. The van der Waals surface area contributed by atoms with Gasteiger partial charge in [-0.2, -0.15) is 8.78 Å². The Hall–Kier alpha value is -2.41. The molecule has 1 aliphatic rings. The van der Waals surface area contributed by atoms with Gasteiger partial charge < -0.3 is 10.6 Å². The molecule has 24 heavy (non-hydrogen) atoms. The minimum Gasteiger partial charge on any atom is -0.326 e. The van der Waals surface area contributed by atoms with E-state index in [1.54, 1.807) is 18.2 Å². The topological polar surface area (TPSA) is 58.2 Å². The zero-order valence-electron chi connectivity index (χ0n) is 12.5. The summed E-state index contributed by atoms with van der Waals surface area (Å²) in [7, 11) is 0. The van der Waals surface area contributed by atoms with Gasteiger partial charge in [0.1, 0.15) is 0 Å². The van der Waals surface area contributed by atoms with Gasteiger partial charge in [-0.1, -0.05) is 30.0 Å². The second kappa shape index (κ2) is 7.00. The number of thioether (sulfide) groups is 1. The minimum absolute atomic E-state index is 0.0242. The van der Waals surface area contributed by atoms with Crippen molar-refractivity contribution in [2.45, 2.75) is 23.0 Å². The molecule has 1 atom stereocenters. The van der Waals surface area contributed by atoms with Crippen molar-refractivity contribution in [2.75, 3.05) is 10.6 Å². The zero-order valence-corrected chi connectivity index (χ0v) is 13.3. The highest BCUT2D eigenvalue weighted by Crippen LogP contribution is 2.34. The van der Waals surface area contributed by atoms with Crippen LogP contribution in [0.1, 0.15) is 17.9 Å². The lowest BCUT2D eigenvalue weighted by Gasteiger charge is -2.10. The number of hydrogen-bond acceptors (Lipinski definition) is 3. The number of halogens is 2. The van der Waals surface area contributed by atoms with E-state index in [1.165, 1.54) is 12.1 Å². The number of nitrogens with one attached hydrogen (secondary N) is 2. The maximum atomic E-state index is 12.3. The number of rotatable bonds is 5. The predicted molar refractivity (Wildman–Crippen MR) is 89.4 cm³/mol. The van der Waals surface area contributed by atoms with E-state index < -0.39 is 11.7 Å². The third-order valence-electron chi connectivity index (χ3n) is 3.66. The van der Waals surface area contributed by atoms with Gasteiger partial charge in [0.25, 0.3) is 5.76 Å². The zero-order chi connectivity index (χ0) is 17.1. The number of para-hydroxylation sites is 1. The standard InChI is InChI=1S/C17H14F2N2O2S/c18-17(19)24-11-7-5-10(6-8-11)20-15(22)9-13-12-3-1-2-4-14(12)21-16(13)23/h1-8,13,17H,9H2,(H,20,22)(H,21,23). The number of carbonyl (C=O) groups excluding carboxylic acids is 2. The first-order valence-electron chi connectivity index (χ1n) is 7.27. The molecule has 2 N–H and O–H groups in total. The van der Waals surface area contributed by atoms with Gasteiger partial charge in [0.2, 0.25) is 11.8 Å². The number of carbonyl (C=O) groups is 2. The van der Waals surface area contributed by atoms with Gasteiger partial charge in [0.15, 0.2) is 0 Å². The van der Waals surface area contributed by atoms with Crippen LogP contribution in [0.5, 0.6) is 0 Å². The van der Waals surface area contributed by atoms with Crippen LogP contribution in [0.3, 0.4) is 0 Å². The van der Waals surface area contributed by atoms with Crippen LogP contribution in [0, 0.1) is 0 Å². The van der Waals surface area contributed by atoms with E-state index in [0.29, 0.717) is 22.3 Å². The Kier molecular flexibility index (Phi) is 4.80. The van der Waals surface area contributed by atoms with Crippen LogP contribution in [0.2, 0.25) is 0 Å². The molecule has 1 unspecified atom stereocenters. The Bertz CT molecular complexity index is 765. The molecule has 0 spiro atoms. The Morgan fingerprint density at radius 1 is 1.17 bits per heavy atom. The molecule has 2 amide bonds. The van der Waals surface area contributed by atoms with Crippen LogP contribution in [0.15, 0.2) is 53.4 Å². The second-order valence-electron chi connectivity index (χ2n) is 5.28. The van der Waals surface area contributed by atoms with Gasteiger partial charge in [-0.25, -0.2) is 0 Å². The summed E-state index contributed by atoms with van der Waals surface area (Å²) >= 11 is 0.446. The molecule has 0 fully saturated rings. The molecule has 1 heterocycles. The van der Waals surface area contributed by atoms with E-state index in [4.69, 9.17) is 0 Å². The third kappa shape index (κ3) is 3.73. The van der Waals surface area contributed by atoms with Crippen molar-refractivity contribution in [1.82, 2.24) is 0 Å². The fourth-order valence-electron chi connectivity index (χ4n) is 2.60. The third-order valence-corrected chi connectivity index (χ3v) is 4.39. The lowest BCUT2D eigenvalue weighted by molar-refractivity contribution is -0.122. The molecule has 124 valence electrons. The van der Waals surface area contributed by atoms with Crippen LogP contribution >= 0.6 is 11.8 Å². The first-order chi connectivity index (χ1) is 11.5. The summed E-state index contributed by atoms with van der Waals surface area (Å²) in [5.74, 6) is -3.50. The fourth-order valence-corrected chi connectivity index (χ4v) is 3.09. The van der Waals surface area contributed by atoms with Gasteiger partial charge >= 0.3 is 0 Å². The van der Waals surface area contributed by atoms with E-state index in [0.717, 1.165) is 11.3 Å². The summed E-state index contributed by atoms with van der Waals surface area (Å²) in [6.07, 6.45) is 0.0242. The summed E-state index contributed by atoms with van der Waals surface area (Å²) in [4.78, 5) is 24.6. The number of anilines is 2. The first-order valence-corrected chi connectivity index (χ1v) is 8.15. The van der Waals surface area contributed by atoms with Crippen LogP contribution < -0.4 is 10.6 Å². The van der Waals surface area contributed by atoms with E-state index >= 15 is 0 Å². The van der Waals surface area contributed by atoms with Gasteiger partial charge in [-0.05, 0) is 35.9 Å². The quantitative estimate of drug-likeness (QED) is 0.801. The molecule has 2 aromatic rings. The molecule has 4 nitrogen and oxygen atoms in total. The lowest BCUT2D eigenvalue weighted by Crippen LogP contribution is -2.20. The second-order valence-corrected chi connectivity index (χ2v) is 6.35. The van der Waals surface area contributed by atoms with E-state index in [9.17, 15) is 18.4 Å². The number of benzene rings is 2. The smallest absolute Gasteiger partial charge is 0.288 e. The number of fused-ring (bicyclic) bond motifs is 1. The van der Waals surface area contributed by atoms with Crippen LogP contribution in [-0.2, 0) is 9.59 Å². The molecule has 0 bridgehead atoms. The summed E-state index contributed by atoms with van der Waals surface area (Å²) in [5.41, 5.74) is 2.04. The lowest BCUT2D eigenvalue weighted by atomic mass is 9.97. The van der Waals surface area contributed by atoms with Gasteiger partial charge in [0.05, 0.1) is 5.92 Å². The Balaban J connectivity index is 1.63. The van der Waals surface area contributed by atoms with Crippen molar-refractivity contribution in [2.24, 2.45) is 0 Å². The first kappa shape index (κ1) is 16.4. The van der Waals surface area contributed by atoms with Crippen molar-refractivity contribution in [3.05, 3.63) is 54.1 Å². The Morgan fingerprint density at radius 3 is 2.58 bits per heavy atom. The minimum atomic E-state index is -2.48. The summed E-state index contributed by atoms with van der Waals surface area (Å²) < 4.78 is 24.5. The molecule has 0 aliphatic carbocycles. The molecule has 0 saturated carbocycles. The molecular weight excluding hydrogens is 334 g/mol. The highest BCUT2D eigenvalue weighted by atomic mass is 32.2. The summed E-state index contributed by atoms with van der Waals surface area (Å²) in [5, 5.41) is 5.43. The van der Waals surface area contributed by atoms with Crippen molar-refractivity contribution < 1.29 is 18.4 Å². The van der Waals surface area contributed by atoms with Gasteiger partial charge in [-0.15, -0.1) is 0 Å². The summed E-state index contributed by atoms with van der Waals surface area (Å²) in [6.45, 7) is 0. The average molecular weight is 348 g/mol. The van der Waals surface area contributed by atoms with E-state index in [2.05, 4.69) is 10.6 Å². The van der Waals surface area contributed by atoms with Crippen LogP contribution in [0.25, 0.3) is 0 Å². The maximum Gasteiger partial charge on any atom is 0.288 e. The molecular formula is C17H14F2N2O2S. The fraction of sp³-hybridized carbons (Fsp3) is 0.176. The molecule has 3 rings (SSSR count). The normalized spacial score (nSPS) is 16.0. The van der Waals surface area contributed by atoms with Crippen molar-refractivity contribution in [3.63, 3.8) is 0 Å². The van der Waals surface area contributed by atoms with Crippen LogP contribution in [0.4, 0.5) is 20.2 Å².